The molecule has 0 amide bonds. The van der Waals surface area contributed by atoms with Gasteiger partial charge in [0.25, 0.3) is 0 Å². The second-order valence-corrected chi connectivity index (χ2v) is 4.87. The molecule has 0 unspecified atom stereocenters. The smallest absolute Gasteiger partial charge is 0.181 e. The van der Waals surface area contributed by atoms with E-state index in [0.717, 1.165) is 6.29 Å². The van der Waals surface area contributed by atoms with Crippen LogP contribution in [-0.2, 0) is 0 Å². The van der Waals surface area contributed by atoms with Crippen LogP contribution in [0, 0.1) is 0 Å². The van der Waals surface area contributed by atoms with Crippen molar-refractivity contribution in [2.45, 2.75) is 0 Å². The van der Waals surface area contributed by atoms with Gasteiger partial charge in [-0.2, -0.15) is 0 Å². The lowest BCUT2D eigenvalue weighted by Gasteiger charge is -2.04. The number of rotatable bonds is 3. The zero-order valence-corrected chi connectivity index (χ0v) is 10.3. The molecule has 0 aliphatic rings. The molecule has 0 atom stereocenters. The van der Waals surface area contributed by atoms with Crippen molar-refractivity contribution in [3.63, 3.8) is 0 Å². The molecule has 0 saturated heterocycles. The molecule has 0 aliphatic heterocycles. The predicted molar refractivity (Wildman–Crippen MR) is 66.2 cm³/mol. The van der Waals surface area contributed by atoms with Crippen molar-refractivity contribution in [2.75, 3.05) is 0 Å². The van der Waals surface area contributed by atoms with E-state index in [1.165, 1.54) is 11.3 Å². The summed E-state index contributed by atoms with van der Waals surface area (Å²) in [6.45, 7) is 0. The summed E-state index contributed by atoms with van der Waals surface area (Å²) in [6.07, 6.45) is 0.779. The third kappa shape index (κ3) is 2.55. The minimum Gasteiger partial charge on any atom is -0.445 e. The Morgan fingerprint density at radius 1 is 1.19 bits per heavy atom. The molecule has 0 N–H and O–H groups in total. The van der Waals surface area contributed by atoms with E-state index in [9.17, 15) is 4.79 Å². The van der Waals surface area contributed by atoms with Crippen LogP contribution >= 0.6 is 34.5 Å². The lowest BCUT2D eigenvalue weighted by molar-refractivity contribution is 0.112. The van der Waals surface area contributed by atoms with Gasteiger partial charge >= 0.3 is 0 Å². The van der Waals surface area contributed by atoms with E-state index in [1.807, 2.05) is 0 Å². The molecular weight excluding hydrogens is 267 g/mol. The number of aldehydes is 1. The first-order valence-corrected chi connectivity index (χ1v) is 5.94. The Bertz CT molecular complexity index is 522. The second kappa shape index (κ2) is 4.87. The topological polar surface area (TPSA) is 26.3 Å². The zero-order valence-electron chi connectivity index (χ0n) is 7.94. The number of ether oxygens (including phenoxy) is 1. The average molecular weight is 273 g/mol. The largest absolute Gasteiger partial charge is 0.445 e. The van der Waals surface area contributed by atoms with E-state index in [-0.39, 0.29) is 0 Å². The highest BCUT2D eigenvalue weighted by Crippen LogP contribution is 2.34. The van der Waals surface area contributed by atoms with Crippen molar-refractivity contribution in [3.8, 4) is 10.8 Å². The summed E-state index contributed by atoms with van der Waals surface area (Å²) in [7, 11) is 0. The summed E-state index contributed by atoms with van der Waals surface area (Å²) in [4.78, 5) is 11.1. The van der Waals surface area contributed by atoms with Crippen molar-refractivity contribution in [1.82, 2.24) is 0 Å². The predicted octanol–water partition coefficient (Wildman–Crippen LogP) is 4.66. The van der Waals surface area contributed by atoms with Gasteiger partial charge in [-0.3, -0.25) is 4.79 Å². The maximum absolute atomic E-state index is 10.5. The summed E-state index contributed by atoms with van der Waals surface area (Å²) < 4.78 is 5.52. The fraction of sp³-hybridized carbons (Fsp3) is 0. The number of halogens is 2. The van der Waals surface area contributed by atoms with Crippen LogP contribution in [0.3, 0.4) is 0 Å². The number of carbonyl (C=O) groups is 1. The molecule has 1 aromatic heterocycles. The fourth-order valence-electron chi connectivity index (χ4n) is 1.12. The molecule has 0 spiro atoms. The molecule has 2 aromatic rings. The highest BCUT2D eigenvalue weighted by molar-refractivity contribution is 7.15. The van der Waals surface area contributed by atoms with Gasteiger partial charge in [0, 0.05) is 5.02 Å². The van der Waals surface area contributed by atoms with Gasteiger partial charge in [0.2, 0.25) is 0 Å². The van der Waals surface area contributed by atoms with Crippen molar-refractivity contribution >= 4 is 40.8 Å². The van der Waals surface area contributed by atoms with E-state index in [0.29, 0.717) is 25.7 Å². The number of hydrogen-bond donors (Lipinski definition) is 0. The summed E-state index contributed by atoms with van der Waals surface area (Å²) in [5.74, 6) is 0.519. The zero-order chi connectivity index (χ0) is 11.5. The highest BCUT2D eigenvalue weighted by atomic mass is 35.5. The lowest BCUT2D eigenvalue weighted by atomic mass is 10.3. The van der Waals surface area contributed by atoms with Gasteiger partial charge in [0.15, 0.2) is 11.3 Å². The van der Waals surface area contributed by atoms with Gasteiger partial charge in [-0.05, 0) is 30.3 Å². The van der Waals surface area contributed by atoms with E-state index in [4.69, 9.17) is 27.9 Å². The standard InChI is InChI=1S/C11H6Cl2O2S/c12-7-1-3-10(9(13)5-7)15-11-4-2-8(6-14)16-11/h1-6H. The molecule has 0 fully saturated rings. The maximum Gasteiger partial charge on any atom is 0.181 e. The van der Waals surface area contributed by atoms with Gasteiger partial charge in [0.05, 0.1) is 9.90 Å². The van der Waals surface area contributed by atoms with Crippen LogP contribution in [0.15, 0.2) is 30.3 Å². The van der Waals surface area contributed by atoms with Crippen LogP contribution in [0.2, 0.25) is 10.0 Å². The quantitative estimate of drug-likeness (QED) is 0.760. The molecule has 0 bridgehead atoms. The number of hydrogen-bond acceptors (Lipinski definition) is 3. The Hall–Kier alpha value is -1.03. The van der Waals surface area contributed by atoms with Crippen LogP contribution in [0.4, 0.5) is 0 Å². The molecule has 0 aliphatic carbocycles. The second-order valence-electron chi connectivity index (χ2n) is 2.95. The SMILES string of the molecule is O=Cc1ccc(Oc2ccc(Cl)cc2Cl)s1. The van der Waals surface area contributed by atoms with Crippen molar-refractivity contribution in [1.29, 1.82) is 0 Å². The monoisotopic (exact) mass is 272 g/mol. The van der Waals surface area contributed by atoms with Gasteiger partial charge in [-0.1, -0.05) is 34.5 Å². The first-order valence-electron chi connectivity index (χ1n) is 4.37. The van der Waals surface area contributed by atoms with Crippen molar-refractivity contribution in [2.24, 2.45) is 0 Å². The highest BCUT2D eigenvalue weighted by Gasteiger charge is 2.06. The van der Waals surface area contributed by atoms with Gasteiger partial charge in [0.1, 0.15) is 5.75 Å². The van der Waals surface area contributed by atoms with Gasteiger partial charge < -0.3 is 4.74 Å². The van der Waals surface area contributed by atoms with Crippen molar-refractivity contribution < 1.29 is 9.53 Å². The van der Waals surface area contributed by atoms with E-state index >= 15 is 0 Å². The Balaban J connectivity index is 2.23. The Morgan fingerprint density at radius 2 is 2.00 bits per heavy atom. The number of benzene rings is 1. The molecule has 5 heteroatoms. The molecule has 2 nitrogen and oxygen atoms in total. The normalized spacial score (nSPS) is 10.1. The molecule has 0 saturated carbocycles. The van der Waals surface area contributed by atoms with Crippen LogP contribution in [0.5, 0.6) is 10.8 Å². The summed E-state index contributed by atoms with van der Waals surface area (Å²) in [5.41, 5.74) is 0. The molecular formula is C11H6Cl2O2S. The summed E-state index contributed by atoms with van der Waals surface area (Å²) in [5, 5.41) is 1.61. The van der Waals surface area contributed by atoms with Crippen LogP contribution < -0.4 is 4.74 Å². The Kier molecular flexibility index (Phi) is 3.49. The summed E-state index contributed by atoms with van der Waals surface area (Å²) in [6, 6.07) is 8.39. The van der Waals surface area contributed by atoms with E-state index in [2.05, 4.69) is 0 Å². The fourth-order valence-corrected chi connectivity index (χ4v) is 2.25. The third-order valence-electron chi connectivity index (χ3n) is 1.82. The van der Waals surface area contributed by atoms with E-state index < -0.39 is 0 Å². The first kappa shape index (κ1) is 11.5. The molecule has 82 valence electrons. The van der Waals surface area contributed by atoms with Gasteiger partial charge in [-0.15, -0.1) is 0 Å². The molecule has 1 aromatic carbocycles. The number of carbonyl (C=O) groups excluding carboxylic acids is 1. The maximum atomic E-state index is 10.5. The molecule has 16 heavy (non-hydrogen) atoms. The minimum atomic E-state index is 0.438. The molecule has 2 rings (SSSR count). The molecule has 1 heterocycles. The summed E-state index contributed by atoms with van der Waals surface area (Å²) >= 11 is 13.0. The van der Waals surface area contributed by atoms with Crippen LogP contribution in [0.1, 0.15) is 9.67 Å². The minimum absolute atomic E-state index is 0.438. The van der Waals surface area contributed by atoms with Crippen LogP contribution in [0.25, 0.3) is 0 Å². The van der Waals surface area contributed by atoms with Gasteiger partial charge in [-0.25, -0.2) is 0 Å². The Morgan fingerprint density at radius 3 is 2.62 bits per heavy atom. The third-order valence-corrected chi connectivity index (χ3v) is 3.24. The Labute approximate surface area is 106 Å². The first-order chi connectivity index (χ1) is 7.69. The molecule has 0 radical (unpaired) electrons. The van der Waals surface area contributed by atoms with Crippen molar-refractivity contribution in [3.05, 3.63) is 45.3 Å². The average Bonchev–Trinajstić information content (AvgIpc) is 2.70. The lowest BCUT2D eigenvalue weighted by Crippen LogP contribution is -1.81. The van der Waals surface area contributed by atoms with Crippen LogP contribution in [-0.4, -0.2) is 6.29 Å². The number of thiophene rings is 1. The van der Waals surface area contributed by atoms with E-state index in [1.54, 1.807) is 30.3 Å².